The molecule has 0 bridgehead atoms. The molecule has 156 valence electrons. The molecule has 0 aliphatic carbocycles. The number of nitrogens with two attached hydrogens (primary N) is 1. The van der Waals surface area contributed by atoms with Gasteiger partial charge in [0.25, 0.3) is 0 Å². The summed E-state index contributed by atoms with van der Waals surface area (Å²) in [5.74, 6) is 1.11. The highest BCUT2D eigenvalue weighted by molar-refractivity contribution is 5.95. The Morgan fingerprint density at radius 1 is 1.17 bits per heavy atom. The van der Waals surface area contributed by atoms with Crippen LogP contribution in [0.25, 0.3) is 0 Å². The van der Waals surface area contributed by atoms with Crippen LogP contribution in [-0.2, 0) is 22.6 Å². The lowest BCUT2D eigenvalue weighted by molar-refractivity contribution is -0.145. The number of ether oxygens (including phenoxy) is 1. The maximum Gasteiger partial charge on any atom is 0.306 e. The summed E-state index contributed by atoms with van der Waals surface area (Å²) < 4.78 is 10.7. The summed E-state index contributed by atoms with van der Waals surface area (Å²) in [5.41, 5.74) is 8.13. The van der Waals surface area contributed by atoms with E-state index in [0.717, 1.165) is 11.3 Å². The number of nitrogen functional groups attached to an aromatic ring is 1. The first-order valence-electron chi connectivity index (χ1n) is 9.40. The summed E-state index contributed by atoms with van der Waals surface area (Å²) in [5, 5.41) is 3.08. The maximum atomic E-state index is 12.1. The van der Waals surface area contributed by atoms with E-state index in [9.17, 15) is 9.59 Å². The highest BCUT2D eigenvalue weighted by atomic mass is 16.5. The highest BCUT2D eigenvalue weighted by Gasteiger charge is 2.14. The monoisotopic (exact) mass is 409 g/mol. The Kier molecular flexibility index (Phi) is 6.41. The molecule has 30 heavy (non-hydrogen) atoms. The van der Waals surface area contributed by atoms with Crippen LogP contribution in [0.1, 0.15) is 46.6 Å². The lowest BCUT2D eigenvalue weighted by atomic mass is 10.1. The second kappa shape index (κ2) is 9.17. The quantitative estimate of drug-likeness (QED) is 0.424. The van der Waals surface area contributed by atoms with Crippen molar-refractivity contribution in [3.8, 4) is 0 Å². The number of aromatic nitrogens is 3. The first-order valence-corrected chi connectivity index (χ1v) is 9.40. The number of benzene rings is 1. The average Bonchev–Trinajstić information content (AvgIpc) is 3.07. The molecule has 0 radical (unpaired) electrons. The topological polar surface area (TPSA) is 133 Å². The van der Waals surface area contributed by atoms with Crippen molar-refractivity contribution in [3.63, 3.8) is 0 Å². The average molecular weight is 409 g/mol. The number of hydrogen-bond acceptors (Lipinski definition) is 9. The summed E-state index contributed by atoms with van der Waals surface area (Å²) in [4.78, 5) is 35.9. The predicted molar refractivity (Wildman–Crippen MR) is 110 cm³/mol. The highest BCUT2D eigenvalue weighted by Crippen LogP contribution is 2.19. The van der Waals surface area contributed by atoms with Gasteiger partial charge in [0.1, 0.15) is 11.5 Å². The van der Waals surface area contributed by atoms with E-state index in [2.05, 4.69) is 20.3 Å². The SMILES string of the molecule is CC(=O)c1cc(CCC(=O)OCc2nc(N)nc(Nc3ccccc3C)n2)oc1C. The van der Waals surface area contributed by atoms with Crippen molar-refractivity contribution in [2.75, 3.05) is 11.1 Å². The Hall–Kier alpha value is -3.75. The summed E-state index contributed by atoms with van der Waals surface area (Å²) in [6.45, 7) is 5.00. The zero-order valence-corrected chi connectivity index (χ0v) is 17.1. The smallest absolute Gasteiger partial charge is 0.306 e. The predicted octanol–water partition coefficient (Wildman–Crippen LogP) is 3.29. The fourth-order valence-corrected chi connectivity index (χ4v) is 2.85. The molecule has 3 rings (SSSR count). The molecular formula is C21H23N5O4. The molecule has 0 saturated carbocycles. The number of hydrogen-bond donors (Lipinski definition) is 2. The van der Waals surface area contributed by atoms with Gasteiger partial charge >= 0.3 is 5.97 Å². The second-order valence-corrected chi connectivity index (χ2v) is 6.77. The van der Waals surface area contributed by atoms with Crippen molar-refractivity contribution >= 4 is 29.3 Å². The third kappa shape index (κ3) is 5.40. The first kappa shape index (κ1) is 21.0. The van der Waals surface area contributed by atoms with Gasteiger partial charge in [0, 0.05) is 12.1 Å². The molecule has 9 nitrogen and oxygen atoms in total. The molecule has 0 atom stereocenters. The van der Waals surface area contributed by atoms with Crippen molar-refractivity contribution in [2.24, 2.45) is 0 Å². The summed E-state index contributed by atoms with van der Waals surface area (Å²) >= 11 is 0. The molecule has 0 amide bonds. The van der Waals surface area contributed by atoms with E-state index in [1.165, 1.54) is 6.92 Å². The van der Waals surface area contributed by atoms with Gasteiger partial charge in [-0.25, -0.2) is 0 Å². The minimum absolute atomic E-state index is 0.0231. The maximum absolute atomic E-state index is 12.1. The Morgan fingerprint density at radius 3 is 2.63 bits per heavy atom. The van der Waals surface area contributed by atoms with Crippen molar-refractivity contribution < 1.29 is 18.7 Å². The Morgan fingerprint density at radius 2 is 1.93 bits per heavy atom. The third-order valence-electron chi connectivity index (χ3n) is 4.38. The molecule has 0 unspecified atom stereocenters. The lowest BCUT2D eigenvalue weighted by Gasteiger charge is -2.09. The standard InChI is InChI=1S/C21H23N5O4/c1-12-6-4-5-7-17(12)23-21-25-18(24-20(22)26-21)11-29-19(28)9-8-15-10-16(13(2)27)14(3)30-15/h4-7,10H,8-9,11H2,1-3H3,(H3,22,23,24,25,26). The summed E-state index contributed by atoms with van der Waals surface area (Å²) in [6.07, 6.45) is 0.422. The van der Waals surface area contributed by atoms with Gasteiger partial charge in [-0.1, -0.05) is 18.2 Å². The van der Waals surface area contributed by atoms with Crippen molar-refractivity contribution in [2.45, 2.75) is 40.2 Å². The van der Waals surface area contributed by atoms with Crippen molar-refractivity contribution in [1.29, 1.82) is 0 Å². The number of Topliss-reactive ketones (excluding diaryl/α,β-unsaturated/α-hetero) is 1. The van der Waals surface area contributed by atoms with E-state index in [4.69, 9.17) is 14.9 Å². The van der Waals surface area contributed by atoms with E-state index >= 15 is 0 Å². The lowest BCUT2D eigenvalue weighted by Crippen LogP contribution is -2.11. The van der Waals surface area contributed by atoms with E-state index in [-0.39, 0.29) is 36.5 Å². The molecule has 3 N–H and O–H groups in total. The third-order valence-corrected chi connectivity index (χ3v) is 4.38. The number of nitrogens with one attached hydrogen (secondary N) is 1. The van der Waals surface area contributed by atoms with Crippen LogP contribution in [0.4, 0.5) is 17.6 Å². The summed E-state index contributed by atoms with van der Waals surface area (Å²) in [7, 11) is 0. The van der Waals surface area contributed by atoms with Gasteiger partial charge in [-0.2, -0.15) is 15.0 Å². The molecule has 9 heteroatoms. The number of para-hydroxylation sites is 1. The summed E-state index contributed by atoms with van der Waals surface area (Å²) in [6, 6.07) is 9.32. The van der Waals surface area contributed by atoms with Crippen LogP contribution >= 0.6 is 0 Å². The Balaban J connectivity index is 1.57. The minimum Gasteiger partial charge on any atom is -0.466 e. The number of furan rings is 1. The van der Waals surface area contributed by atoms with Crippen LogP contribution in [0.5, 0.6) is 0 Å². The van der Waals surface area contributed by atoms with Gasteiger partial charge in [-0.15, -0.1) is 0 Å². The molecule has 0 aliphatic rings. The molecule has 0 fully saturated rings. The van der Waals surface area contributed by atoms with E-state index in [1.807, 2.05) is 31.2 Å². The molecule has 0 saturated heterocycles. The van der Waals surface area contributed by atoms with E-state index < -0.39 is 5.97 Å². The van der Waals surface area contributed by atoms with Crippen molar-refractivity contribution in [3.05, 3.63) is 58.8 Å². The number of rotatable bonds is 8. The molecular weight excluding hydrogens is 386 g/mol. The fraction of sp³-hybridized carbons (Fsp3) is 0.286. The molecule has 3 aromatic rings. The molecule has 2 aromatic heterocycles. The van der Waals surface area contributed by atoms with Gasteiger partial charge < -0.3 is 20.2 Å². The molecule has 0 aliphatic heterocycles. The van der Waals surface area contributed by atoms with Crippen LogP contribution in [-0.4, -0.2) is 26.7 Å². The van der Waals surface area contributed by atoms with E-state index in [0.29, 0.717) is 23.5 Å². The van der Waals surface area contributed by atoms with Gasteiger partial charge in [-0.3, -0.25) is 9.59 Å². The van der Waals surface area contributed by atoms with Crippen molar-refractivity contribution in [1.82, 2.24) is 15.0 Å². The number of ketones is 1. The number of anilines is 3. The van der Waals surface area contributed by atoms with Gasteiger partial charge in [0.05, 0.1) is 12.0 Å². The van der Waals surface area contributed by atoms with Crippen LogP contribution in [0.2, 0.25) is 0 Å². The number of carbonyl (C=O) groups excluding carboxylic acids is 2. The van der Waals surface area contributed by atoms with E-state index in [1.54, 1.807) is 13.0 Å². The molecule has 1 aromatic carbocycles. The van der Waals surface area contributed by atoms with Crippen LogP contribution in [0, 0.1) is 13.8 Å². The zero-order valence-electron chi connectivity index (χ0n) is 17.1. The van der Waals surface area contributed by atoms with Crippen LogP contribution in [0.3, 0.4) is 0 Å². The number of aryl methyl sites for hydroxylation is 3. The molecule has 0 spiro atoms. The van der Waals surface area contributed by atoms with Gasteiger partial charge in [-0.05, 0) is 38.5 Å². The second-order valence-electron chi connectivity index (χ2n) is 6.77. The van der Waals surface area contributed by atoms with Crippen LogP contribution < -0.4 is 11.1 Å². The minimum atomic E-state index is -0.444. The Labute approximate surface area is 173 Å². The van der Waals surface area contributed by atoms with Gasteiger partial charge in [0.2, 0.25) is 11.9 Å². The fourth-order valence-electron chi connectivity index (χ4n) is 2.85. The number of esters is 1. The first-order chi connectivity index (χ1) is 14.3. The van der Waals surface area contributed by atoms with Crippen LogP contribution in [0.15, 0.2) is 34.7 Å². The number of carbonyl (C=O) groups is 2. The molecule has 2 heterocycles. The normalized spacial score (nSPS) is 10.6. The Bertz CT molecular complexity index is 1080. The largest absolute Gasteiger partial charge is 0.466 e. The number of nitrogens with zero attached hydrogens (tertiary/aromatic N) is 3. The zero-order chi connectivity index (χ0) is 21.7. The van der Waals surface area contributed by atoms with Gasteiger partial charge in [0.15, 0.2) is 18.2 Å².